The number of nitrogens with one attached hydrogen (secondary N) is 1. The van der Waals surface area contributed by atoms with Crippen molar-refractivity contribution in [2.24, 2.45) is 7.05 Å². The Labute approximate surface area is 126 Å². The second kappa shape index (κ2) is 5.90. The molecule has 2 atom stereocenters. The molecule has 1 aliphatic rings. The number of aryl methyl sites for hydroxylation is 2. The smallest absolute Gasteiger partial charge is 0.129 e. The van der Waals surface area contributed by atoms with Gasteiger partial charge in [-0.3, -0.25) is 4.68 Å². The molecular formula is C17H23N3O. The van der Waals surface area contributed by atoms with Crippen LogP contribution >= 0.6 is 0 Å². The molecule has 4 heteroatoms. The van der Waals surface area contributed by atoms with Crippen LogP contribution in [0.5, 0.6) is 5.75 Å². The van der Waals surface area contributed by atoms with E-state index < -0.39 is 0 Å². The van der Waals surface area contributed by atoms with Crippen molar-refractivity contribution in [3.8, 4) is 5.75 Å². The van der Waals surface area contributed by atoms with Gasteiger partial charge in [0.1, 0.15) is 11.9 Å². The number of benzene rings is 1. The van der Waals surface area contributed by atoms with E-state index in [0.29, 0.717) is 6.04 Å². The van der Waals surface area contributed by atoms with Gasteiger partial charge in [0.15, 0.2) is 0 Å². The lowest BCUT2D eigenvalue weighted by molar-refractivity contribution is 0.151. The van der Waals surface area contributed by atoms with Crippen LogP contribution in [0.4, 0.5) is 0 Å². The van der Waals surface area contributed by atoms with Gasteiger partial charge in [-0.15, -0.1) is 0 Å². The summed E-state index contributed by atoms with van der Waals surface area (Å²) in [5.74, 6) is 0.991. The third-order valence-electron chi connectivity index (χ3n) is 4.05. The van der Waals surface area contributed by atoms with E-state index in [2.05, 4.69) is 41.7 Å². The highest BCUT2D eigenvalue weighted by molar-refractivity contribution is 5.39. The number of aromatic nitrogens is 2. The zero-order chi connectivity index (χ0) is 14.8. The third-order valence-corrected chi connectivity index (χ3v) is 4.05. The molecule has 2 aromatic rings. The Balaban J connectivity index is 1.91. The first-order valence-corrected chi connectivity index (χ1v) is 7.68. The van der Waals surface area contributed by atoms with Crippen LogP contribution in [0.25, 0.3) is 0 Å². The number of fused-ring (bicyclic) bond motifs is 1. The number of ether oxygens (including phenoxy) is 1. The molecule has 0 spiro atoms. The summed E-state index contributed by atoms with van der Waals surface area (Å²) in [5.41, 5.74) is 3.51. The molecule has 0 fully saturated rings. The van der Waals surface area contributed by atoms with Crippen molar-refractivity contribution in [3.05, 3.63) is 47.3 Å². The Morgan fingerprint density at radius 1 is 1.33 bits per heavy atom. The Kier molecular flexibility index (Phi) is 3.97. The molecule has 3 rings (SSSR count). The highest BCUT2D eigenvalue weighted by Crippen LogP contribution is 2.41. The molecule has 1 aromatic carbocycles. The maximum absolute atomic E-state index is 6.23. The summed E-state index contributed by atoms with van der Waals surface area (Å²) in [6, 6.07) is 8.69. The van der Waals surface area contributed by atoms with Gasteiger partial charge in [0, 0.05) is 36.8 Å². The minimum atomic E-state index is 0.0722. The lowest BCUT2D eigenvalue weighted by Gasteiger charge is -2.32. The zero-order valence-corrected chi connectivity index (χ0v) is 13.0. The number of hydrogen-bond donors (Lipinski definition) is 1. The summed E-state index contributed by atoms with van der Waals surface area (Å²) in [6.07, 6.45) is 4.23. The maximum Gasteiger partial charge on any atom is 0.129 e. The highest BCUT2D eigenvalue weighted by atomic mass is 16.5. The van der Waals surface area contributed by atoms with Crippen LogP contribution in [0.1, 0.15) is 48.7 Å². The van der Waals surface area contributed by atoms with Gasteiger partial charge >= 0.3 is 0 Å². The first-order chi connectivity index (χ1) is 10.2. The Morgan fingerprint density at radius 2 is 2.14 bits per heavy atom. The molecule has 21 heavy (non-hydrogen) atoms. The summed E-state index contributed by atoms with van der Waals surface area (Å²) in [6.45, 7) is 5.27. The van der Waals surface area contributed by atoms with Crippen molar-refractivity contribution >= 4 is 0 Å². The third kappa shape index (κ3) is 2.81. The molecule has 1 N–H and O–H groups in total. The van der Waals surface area contributed by atoms with Gasteiger partial charge < -0.3 is 10.1 Å². The van der Waals surface area contributed by atoms with Crippen LogP contribution in [0.3, 0.4) is 0 Å². The maximum atomic E-state index is 6.23. The van der Waals surface area contributed by atoms with Crippen molar-refractivity contribution in [3.63, 3.8) is 0 Å². The molecule has 0 radical (unpaired) electrons. The SMILES string of the molecule is CCCNC1CC(c2cn(C)nc2C)Oc2ccccc21. The van der Waals surface area contributed by atoms with E-state index in [1.807, 2.05) is 24.7 Å². The van der Waals surface area contributed by atoms with E-state index in [9.17, 15) is 0 Å². The van der Waals surface area contributed by atoms with Gasteiger partial charge in [0.25, 0.3) is 0 Å². The lowest BCUT2D eigenvalue weighted by Crippen LogP contribution is -2.29. The number of para-hydroxylation sites is 1. The predicted octanol–water partition coefficient (Wildman–Crippen LogP) is 3.29. The fourth-order valence-electron chi connectivity index (χ4n) is 3.05. The van der Waals surface area contributed by atoms with Crippen molar-refractivity contribution in [1.82, 2.24) is 15.1 Å². The predicted molar refractivity (Wildman–Crippen MR) is 83.4 cm³/mol. The fourth-order valence-corrected chi connectivity index (χ4v) is 3.05. The zero-order valence-electron chi connectivity index (χ0n) is 13.0. The van der Waals surface area contributed by atoms with Gasteiger partial charge in [-0.1, -0.05) is 25.1 Å². The summed E-state index contributed by atoms with van der Waals surface area (Å²) >= 11 is 0. The quantitative estimate of drug-likeness (QED) is 0.937. The molecule has 0 saturated carbocycles. The lowest BCUT2D eigenvalue weighted by atomic mass is 9.93. The van der Waals surface area contributed by atoms with Crippen LogP contribution in [-0.2, 0) is 7.05 Å². The van der Waals surface area contributed by atoms with E-state index in [0.717, 1.165) is 30.8 Å². The molecular weight excluding hydrogens is 262 g/mol. The summed E-state index contributed by atoms with van der Waals surface area (Å²) in [4.78, 5) is 0. The van der Waals surface area contributed by atoms with E-state index in [4.69, 9.17) is 4.74 Å². The molecule has 0 amide bonds. The van der Waals surface area contributed by atoms with E-state index in [1.165, 1.54) is 11.1 Å². The Bertz CT molecular complexity index is 620. The first kappa shape index (κ1) is 14.1. The normalized spacial score (nSPS) is 20.9. The van der Waals surface area contributed by atoms with Crippen LogP contribution < -0.4 is 10.1 Å². The molecule has 0 bridgehead atoms. The van der Waals surface area contributed by atoms with Crippen molar-refractivity contribution in [1.29, 1.82) is 0 Å². The Hall–Kier alpha value is -1.81. The second-order valence-electron chi connectivity index (χ2n) is 5.73. The van der Waals surface area contributed by atoms with Gasteiger partial charge in [-0.25, -0.2) is 0 Å². The molecule has 2 heterocycles. The van der Waals surface area contributed by atoms with E-state index in [1.54, 1.807) is 0 Å². The monoisotopic (exact) mass is 285 g/mol. The minimum absolute atomic E-state index is 0.0722. The van der Waals surface area contributed by atoms with Gasteiger partial charge in [0.2, 0.25) is 0 Å². The molecule has 112 valence electrons. The molecule has 4 nitrogen and oxygen atoms in total. The van der Waals surface area contributed by atoms with Crippen molar-refractivity contribution in [2.75, 3.05) is 6.54 Å². The van der Waals surface area contributed by atoms with Crippen LogP contribution in [0.2, 0.25) is 0 Å². The van der Waals surface area contributed by atoms with Crippen LogP contribution in [0.15, 0.2) is 30.5 Å². The van der Waals surface area contributed by atoms with E-state index >= 15 is 0 Å². The van der Waals surface area contributed by atoms with Gasteiger partial charge in [0.05, 0.1) is 5.69 Å². The number of hydrogen-bond acceptors (Lipinski definition) is 3. The molecule has 0 aliphatic carbocycles. The molecule has 1 aliphatic heterocycles. The first-order valence-electron chi connectivity index (χ1n) is 7.68. The summed E-state index contributed by atoms with van der Waals surface area (Å²) < 4.78 is 8.09. The van der Waals surface area contributed by atoms with Crippen molar-refractivity contribution < 1.29 is 4.74 Å². The summed E-state index contributed by atoms with van der Waals surface area (Å²) in [7, 11) is 1.96. The average molecular weight is 285 g/mol. The van der Waals surface area contributed by atoms with E-state index in [-0.39, 0.29) is 6.10 Å². The molecule has 0 saturated heterocycles. The van der Waals surface area contributed by atoms with Crippen LogP contribution in [-0.4, -0.2) is 16.3 Å². The van der Waals surface area contributed by atoms with Crippen LogP contribution in [0, 0.1) is 6.92 Å². The second-order valence-corrected chi connectivity index (χ2v) is 5.73. The minimum Gasteiger partial charge on any atom is -0.485 e. The highest BCUT2D eigenvalue weighted by Gasteiger charge is 2.30. The number of rotatable bonds is 4. The number of nitrogens with zero attached hydrogens (tertiary/aromatic N) is 2. The van der Waals surface area contributed by atoms with Gasteiger partial charge in [-0.2, -0.15) is 5.10 Å². The molecule has 2 unspecified atom stereocenters. The largest absolute Gasteiger partial charge is 0.485 e. The van der Waals surface area contributed by atoms with Crippen molar-refractivity contribution in [2.45, 2.75) is 38.8 Å². The Morgan fingerprint density at radius 3 is 2.86 bits per heavy atom. The summed E-state index contributed by atoms with van der Waals surface area (Å²) in [5, 5.41) is 8.09. The van der Waals surface area contributed by atoms with Gasteiger partial charge in [-0.05, 0) is 26.0 Å². The topological polar surface area (TPSA) is 39.1 Å². The standard InChI is InChI=1S/C17H23N3O/c1-4-9-18-15-10-17(14-11-20(3)19-12(14)2)21-16-8-6-5-7-13(15)16/h5-8,11,15,17-18H,4,9-10H2,1-3H3. The fraction of sp³-hybridized carbons (Fsp3) is 0.471. The average Bonchev–Trinajstić information content (AvgIpc) is 2.83. The molecule has 1 aromatic heterocycles.